The predicted molar refractivity (Wildman–Crippen MR) is 113 cm³/mol. The van der Waals surface area contributed by atoms with Gasteiger partial charge >= 0.3 is 0 Å². The Labute approximate surface area is 171 Å². The Bertz CT molecular complexity index is 1060. The van der Waals surface area contributed by atoms with Crippen molar-refractivity contribution in [3.8, 4) is 10.6 Å². The van der Waals surface area contributed by atoms with Gasteiger partial charge in [-0.2, -0.15) is 0 Å². The number of hydrogen-bond donors (Lipinski definition) is 1. The van der Waals surface area contributed by atoms with Crippen molar-refractivity contribution in [2.75, 3.05) is 23.3 Å². The summed E-state index contributed by atoms with van der Waals surface area (Å²) < 4.78 is 0. The molecule has 8 nitrogen and oxygen atoms in total. The minimum atomic E-state index is -0.433. The monoisotopic (exact) mass is 409 g/mol. The third-order valence-corrected chi connectivity index (χ3v) is 5.89. The van der Waals surface area contributed by atoms with Crippen LogP contribution in [0, 0.1) is 17.0 Å². The number of nitrogens with zero attached hydrogens (tertiary/aromatic N) is 4. The summed E-state index contributed by atoms with van der Waals surface area (Å²) in [6.07, 6.45) is 3.73. The van der Waals surface area contributed by atoms with Crippen LogP contribution < -0.4 is 10.2 Å². The first kappa shape index (κ1) is 19.0. The highest BCUT2D eigenvalue weighted by Gasteiger charge is 2.24. The minimum absolute atomic E-state index is 0.0518. The van der Waals surface area contributed by atoms with Crippen LogP contribution in [0.2, 0.25) is 0 Å². The van der Waals surface area contributed by atoms with Gasteiger partial charge < -0.3 is 4.90 Å². The largest absolute Gasteiger partial charge is 0.366 e. The van der Waals surface area contributed by atoms with Crippen molar-refractivity contribution in [1.82, 2.24) is 9.97 Å². The third-order valence-electron chi connectivity index (χ3n) is 4.80. The van der Waals surface area contributed by atoms with E-state index in [9.17, 15) is 14.9 Å². The van der Waals surface area contributed by atoms with E-state index in [1.165, 1.54) is 17.4 Å². The Balaban J connectivity index is 1.57. The first-order chi connectivity index (χ1) is 14.0. The first-order valence-corrected chi connectivity index (χ1v) is 10.1. The lowest BCUT2D eigenvalue weighted by Crippen LogP contribution is -2.19. The number of nitrogens with one attached hydrogen (secondary N) is 1. The third kappa shape index (κ3) is 3.95. The number of thiazole rings is 1. The van der Waals surface area contributed by atoms with Crippen LogP contribution >= 0.6 is 11.3 Å². The fraction of sp³-hybridized carbons (Fsp3) is 0.250. The highest BCUT2D eigenvalue weighted by molar-refractivity contribution is 7.19. The van der Waals surface area contributed by atoms with Crippen LogP contribution in [0.25, 0.3) is 10.6 Å². The molecule has 148 valence electrons. The van der Waals surface area contributed by atoms with E-state index in [0.717, 1.165) is 42.2 Å². The van der Waals surface area contributed by atoms with Gasteiger partial charge in [0.15, 0.2) is 5.13 Å². The van der Waals surface area contributed by atoms with Gasteiger partial charge in [-0.05, 0) is 44.0 Å². The summed E-state index contributed by atoms with van der Waals surface area (Å²) in [6.45, 7) is 3.44. The SMILES string of the molecule is Cc1nc(NC(=O)c2ccc(N3CCCC3)c([N+](=O)[O-])c2)sc1-c1ccccn1. The highest BCUT2D eigenvalue weighted by Crippen LogP contribution is 2.33. The number of hydrogen-bond acceptors (Lipinski definition) is 7. The van der Waals surface area contributed by atoms with Gasteiger partial charge in [-0.1, -0.05) is 17.4 Å². The van der Waals surface area contributed by atoms with E-state index in [4.69, 9.17) is 0 Å². The molecule has 0 bridgehead atoms. The number of anilines is 2. The smallest absolute Gasteiger partial charge is 0.293 e. The van der Waals surface area contributed by atoms with E-state index in [2.05, 4.69) is 15.3 Å². The average Bonchev–Trinajstić information content (AvgIpc) is 3.38. The maximum absolute atomic E-state index is 12.7. The normalized spacial score (nSPS) is 13.5. The molecule has 0 saturated carbocycles. The molecule has 0 atom stereocenters. The summed E-state index contributed by atoms with van der Waals surface area (Å²) in [7, 11) is 0. The van der Waals surface area contributed by atoms with E-state index >= 15 is 0 Å². The standard InChI is InChI=1S/C20H19N5O3S/c1-13-18(15-6-2-3-9-21-15)29-20(22-13)23-19(26)14-7-8-16(17(12-14)25(27)28)24-10-4-5-11-24/h2-3,6-9,12H,4-5,10-11H2,1H3,(H,22,23,26). The van der Waals surface area contributed by atoms with E-state index in [1.807, 2.05) is 30.0 Å². The molecule has 9 heteroatoms. The van der Waals surface area contributed by atoms with Crippen molar-refractivity contribution in [3.63, 3.8) is 0 Å². The second-order valence-electron chi connectivity index (χ2n) is 6.76. The molecule has 1 N–H and O–H groups in total. The lowest BCUT2D eigenvalue weighted by Gasteiger charge is -2.17. The summed E-state index contributed by atoms with van der Waals surface area (Å²) in [5, 5.41) is 14.7. The Morgan fingerprint density at radius 2 is 2.03 bits per heavy atom. The molecule has 0 aliphatic carbocycles. The van der Waals surface area contributed by atoms with E-state index in [1.54, 1.807) is 18.3 Å². The molecule has 1 aliphatic heterocycles. The number of carbonyl (C=O) groups is 1. The molecule has 1 aliphatic rings. The average molecular weight is 409 g/mol. The summed E-state index contributed by atoms with van der Waals surface area (Å²) in [4.78, 5) is 35.4. The number of amides is 1. The molecular formula is C20H19N5O3S. The Morgan fingerprint density at radius 1 is 1.24 bits per heavy atom. The summed E-state index contributed by atoms with van der Waals surface area (Å²) in [6, 6.07) is 10.2. The van der Waals surface area contributed by atoms with Crippen molar-refractivity contribution in [3.05, 3.63) is 64.0 Å². The number of rotatable bonds is 5. The van der Waals surface area contributed by atoms with Gasteiger partial charge in [-0.3, -0.25) is 25.2 Å². The molecule has 1 fully saturated rings. The predicted octanol–water partition coefficient (Wildman–Crippen LogP) is 4.27. The number of aromatic nitrogens is 2. The number of nitro groups is 1. The lowest BCUT2D eigenvalue weighted by atomic mass is 10.1. The fourth-order valence-corrected chi connectivity index (χ4v) is 4.33. The van der Waals surface area contributed by atoms with Gasteiger partial charge in [0.1, 0.15) is 5.69 Å². The summed E-state index contributed by atoms with van der Waals surface area (Å²) in [5.41, 5.74) is 2.29. The molecular weight excluding hydrogens is 390 g/mol. The molecule has 29 heavy (non-hydrogen) atoms. The van der Waals surface area contributed by atoms with Gasteiger partial charge in [-0.25, -0.2) is 4.98 Å². The van der Waals surface area contributed by atoms with Gasteiger partial charge in [0.2, 0.25) is 0 Å². The number of pyridine rings is 1. The van der Waals surface area contributed by atoms with E-state index < -0.39 is 10.8 Å². The number of carbonyl (C=O) groups excluding carboxylic acids is 1. The highest BCUT2D eigenvalue weighted by atomic mass is 32.1. The number of aryl methyl sites for hydroxylation is 1. The zero-order valence-electron chi connectivity index (χ0n) is 15.8. The first-order valence-electron chi connectivity index (χ1n) is 9.26. The zero-order valence-corrected chi connectivity index (χ0v) is 16.6. The maximum atomic E-state index is 12.7. The van der Waals surface area contributed by atoms with Crippen molar-refractivity contribution in [1.29, 1.82) is 0 Å². The fourth-order valence-electron chi connectivity index (χ4n) is 3.39. The second kappa shape index (κ2) is 7.96. The molecule has 0 radical (unpaired) electrons. The Morgan fingerprint density at radius 3 is 2.72 bits per heavy atom. The van der Waals surface area contributed by atoms with Crippen LogP contribution in [0.5, 0.6) is 0 Å². The minimum Gasteiger partial charge on any atom is -0.366 e. The molecule has 3 heterocycles. The molecule has 4 rings (SSSR count). The van der Waals surface area contributed by atoms with Crippen molar-refractivity contribution in [2.24, 2.45) is 0 Å². The molecule has 0 spiro atoms. The van der Waals surface area contributed by atoms with Gasteiger partial charge in [0.25, 0.3) is 11.6 Å². The van der Waals surface area contributed by atoms with E-state index in [-0.39, 0.29) is 11.3 Å². The van der Waals surface area contributed by atoms with Crippen LogP contribution in [0.4, 0.5) is 16.5 Å². The molecule has 2 aromatic heterocycles. The van der Waals surface area contributed by atoms with Crippen LogP contribution in [0.1, 0.15) is 28.9 Å². The van der Waals surface area contributed by atoms with Crippen molar-refractivity contribution in [2.45, 2.75) is 19.8 Å². The van der Waals surface area contributed by atoms with E-state index in [0.29, 0.717) is 10.8 Å². The quantitative estimate of drug-likeness (QED) is 0.499. The van der Waals surface area contributed by atoms with Crippen molar-refractivity contribution >= 4 is 33.8 Å². The Hall–Kier alpha value is -3.33. The lowest BCUT2D eigenvalue weighted by molar-refractivity contribution is -0.384. The Kier molecular flexibility index (Phi) is 5.22. The van der Waals surface area contributed by atoms with Crippen LogP contribution in [-0.4, -0.2) is 33.9 Å². The molecule has 1 amide bonds. The zero-order chi connectivity index (χ0) is 20.4. The second-order valence-corrected chi connectivity index (χ2v) is 7.76. The number of nitro benzene ring substituents is 1. The van der Waals surface area contributed by atoms with Gasteiger partial charge in [-0.15, -0.1) is 0 Å². The summed E-state index contributed by atoms with van der Waals surface area (Å²) >= 11 is 1.32. The summed E-state index contributed by atoms with van der Waals surface area (Å²) in [5.74, 6) is -0.428. The number of benzene rings is 1. The van der Waals surface area contributed by atoms with Gasteiger partial charge in [0, 0.05) is 30.9 Å². The molecule has 0 unspecified atom stereocenters. The molecule has 3 aromatic rings. The van der Waals surface area contributed by atoms with Crippen LogP contribution in [0.15, 0.2) is 42.6 Å². The van der Waals surface area contributed by atoms with Crippen LogP contribution in [-0.2, 0) is 0 Å². The molecule has 1 aromatic carbocycles. The topological polar surface area (TPSA) is 101 Å². The molecule has 1 saturated heterocycles. The van der Waals surface area contributed by atoms with Gasteiger partial charge in [0.05, 0.1) is 21.2 Å². The maximum Gasteiger partial charge on any atom is 0.293 e. The van der Waals surface area contributed by atoms with Crippen molar-refractivity contribution < 1.29 is 9.72 Å². The van der Waals surface area contributed by atoms with Crippen LogP contribution in [0.3, 0.4) is 0 Å².